The van der Waals surface area contributed by atoms with Gasteiger partial charge in [0.15, 0.2) is 0 Å². The molecule has 0 unspecified atom stereocenters. The Hall–Kier alpha value is -2.35. The summed E-state index contributed by atoms with van der Waals surface area (Å²) in [6.45, 7) is 5.67. The summed E-state index contributed by atoms with van der Waals surface area (Å²) in [6, 6.07) is 4.84. The average Bonchev–Trinajstić information content (AvgIpc) is 2.85. The first-order valence-corrected chi connectivity index (χ1v) is 8.44. The maximum Gasteiger partial charge on any atom is 0.414 e. The second-order valence-electron chi connectivity index (χ2n) is 7.15. The molecule has 134 valence electrons. The van der Waals surface area contributed by atoms with E-state index in [1.807, 2.05) is 4.90 Å². The molecular weight excluding hydrogens is 327 g/mol. The maximum absolute atomic E-state index is 14.5. The molecular formula is C17H21FN4O3. The fourth-order valence-corrected chi connectivity index (χ4v) is 3.65. The Kier molecular flexibility index (Phi) is 3.79. The lowest BCUT2D eigenvalue weighted by Crippen LogP contribution is -2.71. The number of nitrogens with zero attached hydrogens (tertiary/aromatic N) is 2. The Balaban J connectivity index is 1.42. The van der Waals surface area contributed by atoms with Crippen molar-refractivity contribution in [2.45, 2.75) is 13.0 Å². The molecule has 0 aromatic heterocycles. The molecule has 1 spiro atoms. The summed E-state index contributed by atoms with van der Waals surface area (Å²) in [5, 5.41) is 5.88. The molecule has 2 N–H and O–H groups in total. The monoisotopic (exact) mass is 348 g/mol. The van der Waals surface area contributed by atoms with Crippen LogP contribution in [0.5, 0.6) is 0 Å². The minimum atomic E-state index is -0.522. The lowest BCUT2D eigenvalue weighted by molar-refractivity contribution is -0.119. The Morgan fingerprint density at radius 3 is 2.80 bits per heavy atom. The van der Waals surface area contributed by atoms with Crippen LogP contribution >= 0.6 is 0 Å². The van der Waals surface area contributed by atoms with E-state index in [0.29, 0.717) is 16.8 Å². The number of halogens is 1. The first-order chi connectivity index (χ1) is 12.0. The summed E-state index contributed by atoms with van der Waals surface area (Å²) < 4.78 is 19.7. The number of ether oxygens (including phenoxy) is 1. The van der Waals surface area contributed by atoms with E-state index in [4.69, 9.17) is 4.74 Å². The summed E-state index contributed by atoms with van der Waals surface area (Å²) in [5.74, 6) is -0.517. The van der Waals surface area contributed by atoms with Gasteiger partial charge in [0.1, 0.15) is 11.9 Å². The third kappa shape index (κ3) is 2.90. The van der Waals surface area contributed by atoms with Crippen molar-refractivity contribution in [2.75, 3.05) is 49.1 Å². The molecule has 3 aliphatic heterocycles. The van der Waals surface area contributed by atoms with Gasteiger partial charge in [-0.2, -0.15) is 0 Å². The van der Waals surface area contributed by atoms with Crippen LogP contribution in [0.1, 0.15) is 6.92 Å². The largest absolute Gasteiger partial charge is 0.442 e. The molecule has 3 heterocycles. The van der Waals surface area contributed by atoms with E-state index in [9.17, 15) is 14.0 Å². The van der Waals surface area contributed by atoms with Gasteiger partial charge in [-0.15, -0.1) is 0 Å². The van der Waals surface area contributed by atoms with E-state index in [-0.39, 0.29) is 24.8 Å². The van der Waals surface area contributed by atoms with Gasteiger partial charge in [0.2, 0.25) is 5.91 Å². The number of rotatable bonds is 4. The highest BCUT2D eigenvalue weighted by molar-refractivity contribution is 5.90. The van der Waals surface area contributed by atoms with Gasteiger partial charge >= 0.3 is 6.09 Å². The quantitative estimate of drug-likeness (QED) is 0.838. The van der Waals surface area contributed by atoms with Crippen molar-refractivity contribution in [2.24, 2.45) is 5.41 Å². The highest BCUT2D eigenvalue weighted by Gasteiger charge is 2.48. The molecule has 0 bridgehead atoms. The first-order valence-electron chi connectivity index (χ1n) is 8.44. The lowest BCUT2D eigenvalue weighted by atomic mass is 9.74. The van der Waals surface area contributed by atoms with Crippen LogP contribution in [0.2, 0.25) is 0 Å². The zero-order valence-corrected chi connectivity index (χ0v) is 14.0. The number of amides is 2. The molecule has 3 fully saturated rings. The third-order valence-corrected chi connectivity index (χ3v) is 5.09. The number of carbonyl (C=O) groups is 2. The van der Waals surface area contributed by atoms with Crippen molar-refractivity contribution in [3.63, 3.8) is 0 Å². The highest BCUT2D eigenvalue weighted by Crippen LogP contribution is 2.39. The summed E-state index contributed by atoms with van der Waals surface area (Å²) >= 11 is 0. The van der Waals surface area contributed by atoms with Crippen molar-refractivity contribution in [3.8, 4) is 0 Å². The first kappa shape index (κ1) is 16.1. The summed E-state index contributed by atoms with van der Waals surface area (Å²) in [6.07, 6.45) is -0.952. The third-order valence-electron chi connectivity index (χ3n) is 5.09. The Labute approximate surface area is 145 Å². The summed E-state index contributed by atoms with van der Waals surface area (Å²) in [5.41, 5.74) is 1.36. The van der Waals surface area contributed by atoms with E-state index in [2.05, 4.69) is 10.6 Å². The van der Waals surface area contributed by atoms with Gasteiger partial charge in [-0.25, -0.2) is 9.18 Å². The van der Waals surface area contributed by atoms with Crippen LogP contribution < -0.4 is 20.4 Å². The molecule has 0 radical (unpaired) electrons. The zero-order chi connectivity index (χ0) is 17.6. The number of carbonyl (C=O) groups excluding carboxylic acids is 2. The molecule has 8 heteroatoms. The van der Waals surface area contributed by atoms with Gasteiger partial charge in [-0.05, 0) is 18.2 Å². The summed E-state index contributed by atoms with van der Waals surface area (Å²) in [4.78, 5) is 26.4. The maximum atomic E-state index is 14.5. The van der Waals surface area contributed by atoms with E-state index in [1.54, 1.807) is 12.1 Å². The number of nitrogens with one attached hydrogen (secondary N) is 2. The lowest BCUT2D eigenvalue weighted by Gasteiger charge is -2.57. The Morgan fingerprint density at radius 2 is 2.20 bits per heavy atom. The van der Waals surface area contributed by atoms with Gasteiger partial charge in [0, 0.05) is 38.5 Å². The number of hydrogen-bond acceptors (Lipinski definition) is 5. The van der Waals surface area contributed by atoms with Crippen LogP contribution in [-0.2, 0) is 9.53 Å². The van der Waals surface area contributed by atoms with Gasteiger partial charge < -0.3 is 20.3 Å². The van der Waals surface area contributed by atoms with Crippen LogP contribution in [0.4, 0.5) is 20.6 Å². The predicted molar refractivity (Wildman–Crippen MR) is 90.2 cm³/mol. The molecule has 1 atom stereocenters. The number of cyclic esters (lactones) is 1. The molecule has 3 aliphatic rings. The molecule has 1 aromatic rings. The van der Waals surface area contributed by atoms with Crippen molar-refractivity contribution in [1.82, 2.24) is 10.6 Å². The molecule has 0 aliphatic carbocycles. The van der Waals surface area contributed by atoms with Crippen LogP contribution in [0.3, 0.4) is 0 Å². The van der Waals surface area contributed by atoms with Gasteiger partial charge in [-0.1, -0.05) is 0 Å². The summed E-state index contributed by atoms with van der Waals surface area (Å²) in [7, 11) is 0. The van der Waals surface area contributed by atoms with Gasteiger partial charge in [-0.3, -0.25) is 9.69 Å². The minimum absolute atomic E-state index is 0.182. The van der Waals surface area contributed by atoms with Gasteiger partial charge in [0.05, 0.1) is 24.5 Å². The predicted octanol–water partition coefficient (Wildman–Crippen LogP) is 0.697. The zero-order valence-electron chi connectivity index (χ0n) is 14.0. The molecule has 2 amide bonds. The average molecular weight is 348 g/mol. The van der Waals surface area contributed by atoms with E-state index in [1.165, 1.54) is 17.9 Å². The Morgan fingerprint density at radius 1 is 1.44 bits per heavy atom. The van der Waals surface area contributed by atoms with Crippen LogP contribution in [0, 0.1) is 11.2 Å². The molecule has 4 rings (SSSR count). The second-order valence-corrected chi connectivity index (χ2v) is 7.15. The smallest absolute Gasteiger partial charge is 0.414 e. The molecule has 0 saturated carbocycles. The Bertz CT molecular complexity index is 714. The van der Waals surface area contributed by atoms with E-state index < -0.39 is 12.2 Å². The molecule has 3 saturated heterocycles. The second kappa shape index (κ2) is 5.87. The highest BCUT2D eigenvalue weighted by atomic mass is 19.1. The van der Waals surface area contributed by atoms with Crippen LogP contribution in [0.15, 0.2) is 18.2 Å². The minimum Gasteiger partial charge on any atom is -0.442 e. The standard InChI is InChI=1S/C17H21FN4O3/c1-11(23)20-5-13-6-22(16(24)25-13)12-2-3-15(14(18)4-12)21-9-17(10-21)7-19-8-17/h2-4,13,19H,5-10H2,1H3,(H,20,23)/t13-/m1/s1. The fraction of sp³-hybridized carbons (Fsp3) is 0.529. The number of hydrogen-bond donors (Lipinski definition) is 2. The SMILES string of the molecule is CC(=O)NC[C@@H]1CN(c2ccc(N3CC4(CNC4)C3)c(F)c2)C(=O)O1. The van der Waals surface area contributed by atoms with Gasteiger partial charge in [0.25, 0.3) is 0 Å². The number of anilines is 2. The molecule has 1 aromatic carbocycles. The number of benzene rings is 1. The van der Waals surface area contributed by atoms with E-state index in [0.717, 1.165) is 26.2 Å². The molecule has 25 heavy (non-hydrogen) atoms. The normalized spacial score (nSPS) is 23.9. The fourth-order valence-electron chi connectivity index (χ4n) is 3.65. The van der Waals surface area contributed by atoms with Crippen molar-refractivity contribution in [3.05, 3.63) is 24.0 Å². The van der Waals surface area contributed by atoms with Crippen LogP contribution in [0.25, 0.3) is 0 Å². The topological polar surface area (TPSA) is 73.9 Å². The van der Waals surface area contributed by atoms with Crippen molar-refractivity contribution >= 4 is 23.4 Å². The van der Waals surface area contributed by atoms with Crippen molar-refractivity contribution in [1.29, 1.82) is 0 Å². The van der Waals surface area contributed by atoms with Crippen LogP contribution in [-0.4, -0.2) is 57.4 Å². The molecule has 7 nitrogen and oxygen atoms in total. The van der Waals surface area contributed by atoms with Crippen molar-refractivity contribution < 1.29 is 18.7 Å². The van der Waals surface area contributed by atoms with E-state index >= 15 is 0 Å².